The Morgan fingerprint density at radius 1 is 1.31 bits per heavy atom. The molecule has 3 N–H and O–H groups in total. The van der Waals surface area contributed by atoms with E-state index in [4.69, 9.17) is 9.47 Å². The molecule has 0 saturated heterocycles. The first-order valence-corrected chi connectivity index (χ1v) is 8.76. The second kappa shape index (κ2) is 9.09. The molecule has 0 radical (unpaired) electrons. The number of nitrogens with one attached hydrogen (secondary N) is 3. The van der Waals surface area contributed by atoms with Gasteiger partial charge in [-0.15, -0.1) is 5.10 Å². The third-order valence-corrected chi connectivity index (χ3v) is 4.32. The normalized spacial score (nSPS) is 11.5. The number of hydrogen-bond acceptors (Lipinski definition) is 7. The van der Waals surface area contributed by atoms with E-state index in [1.807, 2.05) is 0 Å². The van der Waals surface area contributed by atoms with Crippen LogP contribution in [0.2, 0.25) is 0 Å². The summed E-state index contributed by atoms with van der Waals surface area (Å²) in [6, 6.07) is 4.81. The summed E-state index contributed by atoms with van der Waals surface area (Å²) in [5, 5.41) is 11.5. The Kier molecular flexibility index (Phi) is 6.84. The fourth-order valence-corrected chi connectivity index (χ4v) is 2.77. The maximum atomic E-state index is 12.0. The minimum absolute atomic E-state index is 0.386. The van der Waals surface area contributed by atoms with Crippen LogP contribution < -0.4 is 20.1 Å². The van der Waals surface area contributed by atoms with Crippen LogP contribution in [0.5, 0.6) is 11.5 Å². The highest BCUT2D eigenvalue weighted by Crippen LogP contribution is 2.32. The minimum atomic E-state index is -0.543. The molecule has 0 aliphatic heterocycles. The molecule has 26 heavy (non-hydrogen) atoms. The van der Waals surface area contributed by atoms with E-state index < -0.39 is 17.2 Å². The number of benzene rings is 1. The van der Waals surface area contributed by atoms with Gasteiger partial charge in [-0.1, -0.05) is 11.8 Å². The second-order valence-corrected chi connectivity index (χ2v) is 6.45. The Bertz CT molecular complexity index is 780. The monoisotopic (exact) mass is 379 g/mol. The highest BCUT2D eigenvalue weighted by Gasteiger charge is 2.20. The fraction of sp³-hybridized carbons (Fsp3) is 0.375. The second-order valence-electron chi connectivity index (χ2n) is 5.14. The van der Waals surface area contributed by atoms with Crippen molar-refractivity contribution in [3.8, 4) is 22.9 Å². The van der Waals surface area contributed by atoms with Crippen molar-refractivity contribution in [1.82, 2.24) is 25.8 Å². The van der Waals surface area contributed by atoms with Crippen molar-refractivity contribution >= 4 is 23.7 Å². The van der Waals surface area contributed by atoms with Crippen molar-refractivity contribution < 1.29 is 19.1 Å². The molecule has 0 aliphatic rings. The molecule has 0 bridgehead atoms. The first-order chi connectivity index (χ1) is 12.5. The highest BCUT2D eigenvalue weighted by atomic mass is 32.2. The number of methoxy groups -OCH3 is 2. The molecule has 0 spiro atoms. The lowest BCUT2D eigenvalue weighted by Crippen LogP contribution is -2.42. The first kappa shape index (κ1) is 19.6. The summed E-state index contributed by atoms with van der Waals surface area (Å²) in [5.74, 6) is 1.33. The lowest BCUT2D eigenvalue weighted by atomic mass is 10.2. The number of aromatic nitrogens is 3. The van der Waals surface area contributed by atoms with E-state index in [0.717, 1.165) is 11.8 Å². The summed E-state index contributed by atoms with van der Waals surface area (Å²) in [6.07, 6.45) is 0. The summed E-state index contributed by atoms with van der Waals surface area (Å²) < 4.78 is 10.5. The van der Waals surface area contributed by atoms with Crippen LogP contribution in [0.1, 0.15) is 13.8 Å². The molecule has 1 heterocycles. The first-order valence-electron chi connectivity index (χ1n) is 7.88. The number of nitrogens with zero attached hydrogens (tertiary/aromatic N) is 2. The van der Waals surface area contributed by atoms with Gasteiger partial charge in [0.05, 0.1) is 25.0 Å². The summed E-state index contributed by atoms with van der Waals surface area (Å²) in [6.45, 7) is 3.88. The number of H-pyrrole nitrogens is 1. The van der Waals surface area contributed by atoms with Crippen molar-refractivity contribution in [2.45, 2.75) is 24.3 Å². The van der Waals surface area contributed by atoms with Crippen LogP contribution in [0, 0.1) is 0 Å². The zero-order chi connectivity index (χ0) is 19.1. The number of amides is 3. The van der Waals surface area contributed by atoms with Crippen molar-refractivity contribution in [1.29, 1.82) is 0 Å². The number of aromatic amines is 1. The summed E-state index contributed by atoms with van der Waals surface area (Å²) in [5.41, 5.74) is 0.715. The summed E-state index contributed by atoms with van der Waals surface area (Å²) >= 11 is 1.14. The van der Waals surface area contributed by atoms with E-state index in [1.165, 1.54) is 0 Å². The largest absolute Gasteiger partial charge is 0.497 e. The standard InChI is InChI=1S/C16H21N5O4S/c1-5-17-15(23)19-14(22)9(2)26-16-18-13(20-21-16)11-7-6-10(24-3)8-12(11)25-4/h6-9H,5H2,1-4H3,(H,18,20,21)(H2,17,19,22,23)/t9-/m1/s1. The molecule has 9 nitrogen and oxygen atoms in total. The van der Waals surface area contributed by atoms with E-state index >= 15 is 0 Å². The van der Waals surface area contributed by atoms with Gasteiger partial charge in [-0.3, -0.25) is 15.2 Å². The molecule has 140 valence electrons. The van der Waals surface area contributed by atoms with Gasteiger partial charge in [0.25, 0.3) is 0 Å². The van der Waals surface area contributed by atoms with Crippen LogP contribution in [0.3, 0.4) is 0 Å². The summed E-state index contributed by atoms with van der Waals surface area (Å²) in [4.78, 5) is 27.8. The van der Waals surface area contributed by atoms with Gasteiger partial charge >= 0.3 is 6.03 Å². The molecule has 0 saturated carbocycles. The number of imide groups is 1. The van der Waals surface area contributed by atoms with E-state index in [9.17, 15) is 9.59 Å². The van der Waals surface area contributed by atoms with Gasteiger partial charge in [0.15, 0.2) is 5.82 Å². The predicted octanol–water partition coefficient (Wildman–Crippen LogP) is 1.82. The SMILES string of the molecule is CCNC(=O)NC(=O)[C@@H](C)Sc1n[nH]c(-c2ccc(OC)cc2OC)n1. The smallest absolute Gasteiger partial charge is 0.321 e. The van der Waals surface area contributed by atoms with Crippen LogP contribution in [-0.4, -0.2) is 53.1 Å². The molecule has 2 rings (SSSR count). The molecular weight excluding hydrogens is 358 g/mol. The molecule has 0 unspecified atom stereocenters. The van der Waals surface area contributed by atoms with Crippen molar-refractivity contribution in [2.75, 3.05) is 20.8 Å². The molecule has 1 aromatic carbocycles. The Balaban J connectivity index is 2.08. The van der Waals surface area contributed by atoms with Crippen molar-refractivity contribution in [2.24, 2.45) is 0 Å². The Labute approximate surface area is 155 Å². The van der Waals surface area contributed by atoms with Crippen molar-refractivity contribution in [3.63, 3.8) is 0 Å². The van der Waals surface area contributed by atoms with Gasteiger partial charge in [-0.2, -0.15) is 0 Å². The molecule has 1 aromatic heterocycles. The van der Waals surface area contributed by atoms with E-state index in [2.05, 4.69) is 25.8 Å². The molecule has 3 amide bonds. The van der Waals surface area contributed by atoms with Gasteiger partial charge in [0, 0.05) is 12.6 Å². The number of rotatable bonds is 7. The number of hydrogen-bond donors (Lipinski definition) is 3. The maximum absolute atomic E-state index is 12.0. The lowest BCUT2D eigenvalue weighted by molar-refractivity contribution is -0.119. The van der Waals surface area contributed by atoms with Gasteiger partial charge < -0.3 is 14.8 Å². The third-order valence-electron chi connectivity index (χ3n) is 3.35. The topological polar surface area (TPSA) is 118 Å². The average molecular weight is 379 g/mol. The number of carbonyl (C=O) groups is 2. The molecular formula is C16H21N5O4S. The van der Waals surface area contributed by atoms with E-state index in [1.54, 1.807) is 46.3 Å². The van der Waals surface area contributed by atoms with Gasteiger partial charge in [-0.25, -0.2) is 9.78 Å². The molecule has 10 heteroatoms. The third kappa shape index (κ3) is 4.88. The number of carbonyl (C=O) groups excluding carboxylic acids is 2. The zero-order valence-electron chi connectivity index (χ0n) is 15.0. The Morgan fingerprint density at radius 2 is 2.08 bits per heavy atom. The average Bonchev–Trinajstić information content (AvgIpc) is 3.09. The van der Waals surface area contributed by atoms with E-state index in [0.29, 0.717) is 34.6 Å². The number of thioether (sulfide) groups is 1. The van der Waals surface area contributed by atoms with Crippen molar-refractivity contribution in [3.05, 3.63) is 18.2 Å². The van der Waals surface area contributed by atoms with Gasteiger partial charge in [0.1, 0.15) is 11.5 Å². The quantitative estimate of drug-likeness (QED) is 0.628. The van der Waals surface area contributed by atoms with Gasteiger partial charge in [0.2, 0.25) is 11.1 Å². The van der Waals surface area contributed by atoms with Crippen LogP contribution in [0.15, 0.2) is 23.4 Å². The molecule has 1 atom stereocenters. The number of ether oxygens (including phenoxy) is 2. The lowest BCUT2D eigenvalue weighted by Gasteiger charge is -2.09. The van der Waals surface area contributed by atoms with Gasteiger partial charge in [-0.05, 0) is 26.0 Å². The van der Waals surface area contributed by atoms with Crippen LogP contribution in [0.25, 0.3) is 11.4 Å². The van der Waals surface area contributed by atoms with E-state index in [-0.39, 0.29) is 0 Å². The fourth-order valence-electron chi connectivity index (χ4n) is 2.04. The van der Waals surface area contributed by atoms with Crippen LogP contribution in [-0.2, 0) is 4.79 Å². The number of urea groups is 1. The molecule has 0 aliphatic carbocycles. The zero-order valence-corrected chi connectivity index (χ0v) is 15.8. The molecule has 0 fully saturated rings. The summed E-state index contributed by atoms with van der Waals surface area (Å²) in [7, 11) is 3.13. The predicted molar refractivity (Wildman–Crippen MR) is 97.5 cm³/mol. The maximum Gasteiger partial charge on any atom is 0.321 e. The highest BCUT2D eigenvalue weighted by molar-refractivity contribution is 8.00. The van der Waals surface area contributed by atoms with Crippen LogP contribution in [0.4, 0.5) is 4.79 Å². The molecule has 2 aromatic rings. The van der Waals surface area contributed by atoms with Crippen LogP contribution >= 0.6 is 11.8 Å². The Morgan fingerprint density at radius 3 is 2.73 bits per heavy atom. The Hall–Kier alpha value is -2.75. The minimum Gasteiger partial charge on any atom is -0.497 e.